The number of H-pyrrole nitrogens is 1. The SMILES string of the molecule is COc1ccc(CNC(=O)N(C)N2CC(=O)N3[C@@H](Cc4ccc(-c5nnn[nH]5)cc4)C(=O)N(Cc4cccc5sc(N)nc45)C[C@@H]32)cc1. The first kappa shape index (κ1) is 31.0. The molecule has 0 radical (unpaired) electrons. The number of tetrazole rings is 1. The van der Waals surface area contributed by atoms with Crippen molar-refractivity contribution in [2.75, 3.05) is 33.0 Å². The van der Waals surface area contributed by atoms with E-state index in [9.17, 15) is 14.4 Å². The van der Waals surface area contributed by atoms with Gasteiger partial charge in [0, 0.05) is 32.1 Å². The lowest BCUT2D eigenvalue weighted by atomic mass is 9.99. The summed E-state index contributed by atoms with van der Waals surface area (Å²) in [4.78, 5) is 49.2. The highest BCUT2D eigenvalue weighted by Gasteiger charge is 2.51. The fourth-order valence-corrected chi connectivity index (χ4v) is 7.04. The fraction of sp³-hybridized carbons (Fsp3) is 0.281. The molecule has 3 aromatic carbocycles. The second-order valence-corrected chi connectivity index (χ2v) is 12.7. The third kappa shape index (κ3) is 5.98. The number of piperazine rings is 1. The normalized spacial score (nSPS) is 18.0. The van der Waals surface area contributed by atoms with Gasteiger partial charge in [0.05, 0.1) is 30.4 Å². The number of aromatic nitrogens is 5. The Labute approximate surface area is 279 Å². The number of para-hydroxylation sites is 1. The lowest BCUT2D eigenvalue weighted by Crippen LogP contribution is -2.65. The predicted octanol–water partition coefficient (Wildman–Crippen LogP) is 2.25. The van der Waals surface area contributed by atoms with Crippen LogP contribution in [0.3, 0.4) is 0 Å². The third-order valence-corrected chi connectivity index (χ3v) is 9.58. The number of rotatable bonds is 9. The van der Waals surface area contributed by atoms with Crippen LogP contribution in [0.25, 0.3) is 21.6 Å². The van der Waals surface area contributed by atoms with Crippen LogP contribution in [0.1, 0.15) is 16.7 Å². The zero-order valence-corrected chi connectivity index (χ0v) is 27.1. The van der Waals surface area contributed by atoms with E-state index in [1.54, 1.807) is 29.0 Å². The van der Waals surface area contributed by atoms with Gasteiger partial charge in [0.2, 0.25) is 11.8 Å². The number of ether oxygens (including phenoxy) is 1. The quantitative estimate of drug-likeness (QED) is 0.211. The van der Waals surface area contributed by atoms with Gasteiger partial charge in [0.25, 0.3) is 0 Å². The molecular weight excluding hydrogens is 634 g/mol. The number of thiazole rings is 1. The molecule has 48 heavy (non-hydrogen) atoms. The van der Waals surface area contributed by atoms with Crippen molar-refractivity contribution in [3.8, 4) is 17.1 Å². The maximum Gasteiger partial charge on any atom is 0.332 e. The molecule has 2 atom stereocenters. The topological polar surface area (TPSA) is 179 Å². The van der Waals surface area contributed by atoms with Crippen LogP contribution in [0.2, 0.25) is 0 Å². The van der Waals surface area contributed by atoms with Gasteiger partial charge in [0.1, 0.15) is 18.0 Å². The van der Waals surface area contributed by atoms with Gasteiger partial charge in [-0.3, -0.25) is 14.6 Å². The van der Waals surface area contributed by atoms with Crippen molar-refractivity contribution in [2.24, 2.45) is 0 Å². The van der Waals surface area contributed by atoms with Crippen molar-refractivity contribution in [2.45, 2.75) is 31.7 Å². The number of benzene rings is 3. The Hall–Kier alpha value is -5.61. The first-order chi connectivity index (χ1) is 23.3. The highest BCUT2D eigenvalue weighted by molar-refractivity contribution is 7.22. The van der Waals surface area contributed by atoms with Crippen LogP contribution < -0.4 is 15.8 Å². The van der Waals surface area contributed by atoms with Gasteiger partial charge < -0.3 is 25.6 Å². The van der Waals surface area contributed by atoms with Crippen molar-refractivity contribution < 1.29 is 19.1 Å². The number of amides is 4. The van der Waals surface area contributed by atoms with Crippen molar-refractivity contribution in [3.05, 3.63) is 83.4 Å². The average Bonchev–Trinajstić information content (AvgIpc) is 3.85. The second-order valence-electron chi connectivity index (χ2n) is 11.6. The summed E-state index contributed by atoms with van der Waals surface area (Å²) in [6, 6.07) is 19.6. The molecule has 5 aromatic rings. The molecule has 7 rings (SSSR count). The van der Waals surface area contributed by atoms with E-state index in [1.165, 1.54) is 16.3 Å². The van der Waals surface area contributed by atoms with Gasteiger partial charge >= 0.3 is 6.03 Å². The van der Waals surface area contributed by atoms with Crippen LogP contribution in [-0.4, -0.2) is 103 Å². The molecule has 16 heteroatoms. The molecule has 2 aromatic heterocycles. The number of fused-ring (bicyclic) bond motifs is 2. The van der Waals surface area contributed by atoms with Crippen molar-refractivity contribution >= 4 is 44.5 Å². The van der Waals surface area contributed by atoms with Crippen LogP contribution >= 0.6 is 11.3 Å². The average molecular weight is 668 g/mol. The number of nitrogens with two attached hydrogens (primary N) is 1. The van der Waals surface area contributed by atoms with Crippen LogP contribution in [0.4, 0.5) is 9.93 Å². The van der Waals surface area contributed by atoms with Crippen LogP contribution in [0, 0.1) is 0 Å². The number of hydrogen-bond donors (Lipinski definition) is 3. The Kier molecular flexibility index (Phi) is 8.33. The smallest absolute Gasteiger partial charge is 0.332 e. The molecule has 15 nitrogen and oxygen atoms in total. The number of nitrogens with zero attached hydrogens (tertiary/aromatic N) is 8. The lowest BCUT2D eigenvalue weighted by Gasteiger charge is -2.45. The van der Waals surface area contributed by atoms with E-state index in [0.29, 0.717) is 11.0 Å². The van der Waals surface area contributed by atoms with E-state index in [0.717, 1.165) is 38.2 Å². The third-order valence-electron chi connectivity index (χ3n) is 8.73. The number of hydrogen-bond acceptors (Lipinski definition) is 11. The first-order valence-corrected chi connectivity index (χ1v) is 16.1. The van der Waals surface area contributed by atoms with Gasteiger partial charge in [-0.15, -0.1) is 5.10 Å². The van der Waals surface area contributed by atoms with E-state index in [2.05, 4.69) is 30.9 Å². The minimum atomic E-state index is -0.797. The summed E-state index contributed by atoms with van der Waals surface area (Å²) in [5.41, 5.74) is 10.2. The predicted molar refractivity (Wildman–Crippen MR) is 177 cm³/mol. The van der Waals surface area contributed by atoms with Gasteiger partial charge in [-0.25, -0.2) is 14.9 Å². The molecule has 0 spiro atoms. The number of anilines is 1. The molecule has 0 bridgehead atoms. The minimum absolute atomic E-state index is 0.0512. The first-order valence-electron chi connectivity index (χ1n) is 15.3. The summed E-state index contributed by atoms with van der Waals surface area (Å²) < 4.78 is 6.15. The van der Waals surface area contributed by atoms with Gasteiger partial charge in [-0.05, 0) is 45.3 Å². The number of nitrogen functional groups attached to an aromatic ring is 1. The number of nitrogens with one attached hydrogen (secondary N) is 2. The van der Waals surface area contributed by atoms with E-state index >= 15 is 0 Å². The standard InChI is InChI=1S/C32H33N11O4S/c1-40(32(46)34-15-20-8-12-23(47-2)13-9-20)42-18-27(44)43-24(14-19-6-10-21(11-7-19)29-36-38-39-37-29)30(45)41(17-26(42)43)16-22-4-3-5-25-28(22)35-31(33)48-25/h3-13,24,26H,14-18H2,1-2H3,(H2,33,35)(H,34,46)(H,36,37,38,39)/t24-,26+/m0/s1. The van der Waals surface area contributed by atoms with Crippen LogP contribution in [0.5, 0.6) is 5.75 Å². The molecule has 4 amide bonds. The summed E-state index contributed by atoms with van der Waals surface area (Å²) in [6.07, 6.45) is -0.294. The summed E-state index contributed by atoms with van der Waals surface area (Å²) in [5.74, 6) is 0.835. The lowest BCUT2D eigenvalue weighted by molar-refractivity contribution is -0.157. The number of urea groups is 1. The summed E-state index contributed by atoms with van der Waals surface area (Å²) in [7, 11) is 3.23. The summed E-state index contributed by atoms with van der Waals surface area (Å²) >= 11 is 1.39. The van der Waals surface area contributed by atoms with Crippen molar-refractivity contribution in [3.63, 3.8) is 0 Å². The fourth-order valence-electron chi connectivity index (χ4n) is 6.26. The molecule has 0 aliphatic carbocycles. The van der Waals surface area contributed by atoms with E-state index in [4.69, 9.17) is 10.5 Å². The molecular formula is C32H33N11O4S. The summed E-state index contributed by atoms with van der Waals surface area (Å²) in [5, 5.41) is 20.5. The Morgan fingerprint density at radius 1 is 1.10 bits per heavy atom. The number of carbonyl (C=O) groups excluding carboxylic acids is 3. The highest BCUT2D eigenvalue weighted by Crippen LogP contribution is 2.32. The number of carbonyl (C=O) groups is 3. The Bertz CT molecular complexity index is 1950. The monoisotopic (exact) mass is 667 g/mol. The minimum Gasteiger partial charge on any atom is -0.497 e. The zero-order chi connectivity index (χ0) is 33.4. The van der Waals surface area contributed by atoms with Crippen LogP contribution in [-0.2, 0) is 29.1 Å². The number of hydrazine groups is 1. The largest absolute Gasteiger partial charge is 0.497 e. The van der Waals surface area contributed by atoms with Gasteiger partial charge in [-0.2, -0.15) is 5.01 Å². The maximum absolute atomic E-state index is 14.3. The molecule has 2 saturated heterocycles. The Morgan fingerprint density at radius 2 is 1.88 bits per heavy atom. The highest BCUT2D eigenvalue weighted by atomic mass is 32.1. The Balaban J connectivity index is 1.15. The zero-order valence-electron chi connectivity index (χ0n) is 26.2. The summed E-state index contributed by atoms with van der Waals surface area (Å²) in [6.45, 7) is 0.708. The molecule has 4 heterocycles. The number of aromatic amines is 1. The molecule has 2 aliphatic heterocycles. The molecule has 0 saturated carbocycles. The van der Waals surface area contributed by atoms with E-state index < -0.39 is 12.2 Å². The molecule has 0 unspecified atom stereocenters. The second kappa shape index (κ2) is 12.9. The molecule has 246 valence electrons. The number of methoxy groups -OCH3 is 1. The van der Waals surface area contributed by atoms with Crippen LogP contribution in [0.15, 0.2) is 66.7 Å². The molecule has 2 aliphatic rings. The van der Waals surface area contributed by atoms with Crippen molar-refractivity contribution in [1.29, 1.82) is 0 Å². The van der Waals surface area contributed by atoms with Crippen molar-refractivity contribution in [1.82, 2.24) is 50.7 Å². The Morgan fingerprint density at radius 3 is 2.60 bits per heavy atom. The molecule has 4 N–H and O–H groups in total. The maximum atomic E-state index is 14.3. The molecule has 2 fully saturated rings. The van der Waals surface area contributed by atoms with E-state index in [1.807, 2.05) is 66.7 Å². The van der Waals surface area contributed by atoms with Gasteiger partial charge in [0.15, 0.2) is 11.0 Å². The van der Waals surface area contributed by atoms with Gasteiger partial charge in [-0.1, -0.05) is 59.9 Å². The van der Waals surface area contributed by atoms with E-state index in [-0.39, 0.29) is 50.4 Å².